The largest absolute Gasteiger partial charge is 0.497 e. The average Bonchev–Trinajstić information content (AvgIpc) is 2.90. The molecule has 2 aromatic rings. The minimum absolute atomic E-state index is 0.0153. The van der Waals surface area contributed by atoms with Crippen molar-refractivity contribution in [3.05, 3.63) is 48.7 Å². The first-order valence-corrected chi connectivity index (χ1v) is 12.6. The summed E-state index contributed by atoms with van der Waals surface area (Å²) < 4.78 is 22.3. The Balaban J connectivity index is 1.73. The third-order valence-corrected chi connectivity index (χ3v) is 7.31. The molecule has 3 fully saturated rings. The van der Waals surface area contributed by atoms with Gasteiger partial charge in [0.15, 0.2) is 6.10 Å². The fourth-order valence-corrected chi connectivity index (χ4v) is 5.51. The molecule has 4 heterocycles. The number of methoxy groups -OCH3 is 2. The predicted molar refractivity (Wildman–Crippen MR) is 136 cm³/mol. The number of piperidine rings is 3. The van der Waals surface area contributed by atoms with Gasteiger partial charge in [-0.1, -0.05) is 6.08 Å². The van der Waals surface area contributed by atoms with Crippen LogP contribution < -0.4 is 4.74 Å². The second-order valence-electron chi connectivity index (χ2n) is 9.84. The van der Waals surface area contributed by atoms with Gasteiger partial charge in [-0.25, -0.2) is 4.79 Å². The zero-order chi connectivity index (χ0) is 25.8. The Bertz CT molecular complexity index is 1100. The van der Waals surface area contributed by atoms with Gasteiger partial charge in [-0.15, -0.1) is 6.58 Å². The van der Waals surface area contributed by atoms with Gasteiger partial charge in [-0.2, -0.15) is 0 Å². The molecule has 0 N–H and O–H groups in total. The van der Waals surface area contributed by atoms with Crippen LogP contribution in [0.2, 0.25) is 0 Å². The number of ether oxygens (including phenoxy) is 4. The lowest BCUT2D eigenvalue weighted by Gasteiger charge is -2.51. The van der Waals surface area contributed by atoms with Crippen LogP contribution >= 0.6 is 0 Å². The highest BCUT2D eigenvalue weighted by atomic mass is 16.6. The zero-order valence-electron chi connectivity index (χ0n) is 21.5. The van der Waals surface area contributed by atoms with E-state index in [0.717, 1.165) is 42.4 Å². The lowest BCUT2D eigenvalue weighted by atomic mass is 9.73. The SMILES string of the molecule is C=C[C@H]1C[N@]2CC[C@H]1C[C@H]2[C@H](OC(=O)C(CC(=O)OC)OC(C)C)c1ccnc2ccc(OC)cc12. The molecule has 3 aliphatic heterocycles. The quantitative estimate of drug-likeness (QED) is 0.359. The number of hydrogen-bond donors (Lipinski definition) is 0. The van der Waals surface area contributed by atoms with Crippen molar-refractivity contribution in [3.8, 4) is 5.75 Å². The molecule has 6 atom stereocenters. The number of benzene rings is 1. The van der Waals surface area contributed by atoms with E-state index in [1.807, 2.05) is 44.2 Å². The van der Waals surface area contributed by atoms with Gasteiger partial charge in [-0.3, -0.25) is 14.7 Å². The van der Waals surface area contributed by atoms with Crippen molar-refractivity contribution >= 4 is 22.8 Å². The Kier molecular flexibility index (Phi) is 8.26. The summed E-state index contributed by atoms with van der Waals surface area (Å²) in [6.45, 7) is 9.49. The second kappa shape index (κ2) is 11.4. The van der Waals surface area contributed by atoms with Crippen LogP contribution in [0.15, 0.2) is 43.1 Å². The maximum atomic E-state index is 13.5. The maximum absolute atomic E-state index is 13.5. The highest BCUT2D eigenvalue weighted by Gasteiger charge is 2.45. The number of pyridine rings is 1. The van der Waals surface area contributed by atoms with E-state index in [0.29, 0.717) is 17.6 Å². The predicted octanol–water partition coefficient (Wildman–Crippen LogP) is 4.08. The van der Waals surface area contributed by atoms with Crippen molar-refractivity contribution in [1.82, 2.24) is 9.88 Å². The molecule has 0 radical (unpaired) electrons. The Morgan fingerprint density at radius 2 is 2.06 bits per heavy atom. The summed E-state index contributed by atoms with van der Waals surface area (Å²) in [4.78, 5) is 32.5. The van der Waals surface area contributed by atoms with Crippen molar-refractivity contribution in [3.63, 3.8) is 0 Å². The van der Waals surface area contributed by atoms with Gasteiger partial charge in [0.05, 0.1) is 38.3 Å². The molecule has 0 saturated carbocycles. The molecule has 5 rings (SSSR count). The lowest BCUT2D eigenvalue weighted by Crippen LogP contribution is -2.55. The summed E-state index contributed by atoms with van der Waals surface area (Å²) in [7, 11) is 2.91. The second-order valence-corrected chi connectivity index (χ2v) is 9.84. The minimum atomic E-state index is -1.06. The zero-order valence-corrected chi connectivity index (χ0v) is 21.5. The van der Waals surface area contributed by atoms with E-state index in [4.69, 9.17) is 18.9 Å². The van der Waals surface area contributed by atoms with Gasteiger partial charge < -0.3 is 18.9 Å². The summed E-state index contributed by atoms with van der Waals surface area (Å²) in [5, 5.41) is 0.867. The Hall–Kier alpha value is -2.97. The monoisotopic (exact) mass is 496 g/mol. The summed E-state index contributed by atoms with van der Waals surface area (Å²) in [5.74, 6) is 0.513. The standard InChI is InChI=1S/C28H36N2O6/c1-6-18-16-30-12-10-19(18)13-24(30)27(36-28(32)25(35-17(2)3)15-26(31)34-5)21-9-11-29-23-8-7-20(33-4)14-22(21)23/h6-9,11,14,17-19,24-25,27H,1,10,12-13,15-16H2,2-5H3/t18-,19-,24-,25?,27+/m0/s1. The summed E-state index contributed by atoms with van der Waals surface area (Å²) in [5.41, 5.74) is 1.65. The first-order valence-electron chi connectivity index (χ1n) is 12.6. The maximum Gasteiger partial charge on any atom is 0.336 e. The van der Waals surface area contributed by atoms with Gasteiger partial charge in [0.2, 0.25) is 0 Å². The van der Waals surface area contributed by atoms with E-state index in [9.17, 15) is 9.59 Å². The molecule has 3 saturated heterocycles. The van der Waals surface area contributed by atoms with Gasteiger partial charge in [-0.05, 0) is 69.3 Å². The molecule has 0 aliphatic carbocycles. The third kappa shape index (κ3) is 5.55. The van der Waals surface area contributed by atoms with E-state index in [-0.39, 0.29) is 18.6 Å². The molecule has 36 heavy (non-hydrogen) atoms. The molecule has 1 unspecified atom stereocenters. The highest BCUT2D eigenvalue weighted by molar-refractivity contribution is 5.85. The average molecular weight is 497 g/mol. The van der Waals surface area contributed by atoms with E-state index in [2.05, 4.69) is 16.5 Å². The van der Waals surface area contributed by atoms with Crippen LogP contribution in [0.1, 0.15) is 44.8 Å². The molecule has 1 aromatic carbocycles. The normalized spacial score (nSPS) is 24.8. The van der Waals surface area contributed by atoms with Crippen molar-refractivity contribution in [2.75, 3.05) is 27.3 Å². The van der Waals surface area contributed by atoms with Crippen LogP contribution in [0.4, 0.5) is 0 Å². The molecule has 3 aliphatic rings. The Morgan fingerprint density at radius 1 is 1.25 bits per heavy atom. The smallest absolute Gasteiger partial charge is 0.336 e. The van der Waals surface area contributed by atoms with Crippen LogP contribution in [0.5, 0.6) is 5.75 Å². The van der Waals surface area contributed by atoms with Gasteiger partial charge >= 0.3 is 11.9 Å². The highest BCUT2D eigenvalue weighted by Crippen LogP contribution is 2.44. The van der Waals surface area contributed by atoms with Crippen LogP contribution in [0, 0.1) is 11.8 Å². The van der Waals surface area contributed by atoms with E-state index >= 15 is 0 Å². The number of esters is 2. The molecule has 2 bridgehead atoms. The van der Waals surface area contributed by atoms with Crippen LogP contribution in [-0.2, 0) is 23.8 Å². The van der Waals surface area contributed by atoms with Crippen molar-refractivity contribution in [2.45, 2.75) is 57.5 Å². The number of aromatic nitrogens is 1. The molecule has 8 heteroatoms. The van der Waals surface area contributed by atoms with Crippen molar-refractivity contribution in [2.24, 2.45) is 11.8 Å². The fourth-order valence-electron chi connectivity index (χ4n) is 5.51. The molecule has 1 aromatic heterocycles. The summed E-state index contributed by atoms with van der Waals surface area (Å²) in [6, 6.07) is 7.59. The van der Waals surface area contributed by atoms with Crippen LogP contribution in [-0.4, -0.2) is 67.4 Å². The van der Waals surface area contributed by atoms with Gasteiger partial charge in [0.25, 0.3) is 0 Å². The lowest BCUT2D eigenvalue weighted by molar-refractivity contribution is -0.176. The Morgan fingerprint density at radius 3 is 2.69 bits per heavy atom. The molecule has 0 spiro atoms. The number of nitrogens with zero attached hydrogens (tertiary/aromatic N) is 2. The van der Waals surface area contributed by atoms with E-state index in [1.165, 1.54) is 7.11 Å². The van der Waals surface area contributed by atoms with Crippen LogP contribution in [0.3, 0.4) is 0 Å². The number of fused-ring (bicyclic) bond motifs is 4. The minimum Gasteiger partial charge on any atom is -0.497 e. The van der Waals surface area contributed by atoms with Crippen LogP contribution in [0.25, 0.3) is 10.9 Å². The molecular formula is C28H36N2O6. The summed E-state index contributed by atoms with van der Waals surface area (Å²) in [6.07, 6.45) is 3.67. The third-order valence-electron chi connectivity index (χ3n) is 7.31. The van der Waals surface area contributed by atoms with Gasteiger partial charge in [0.1, 0.15) is 11.9 Å². The van der Waals surface area contributed by atoms with Crippen molar-refractivity contribution < 1.29 is 28.5 Å². The molecule has 0 amide bonds. The van der Waals surface area contributed by atoms with E-state index in [1.54, 1.807) is 13.3 Å². The van der Waals surface area contributed by atoms with Gasteiger partial charge in [0, 0.05) is 23.7 Å². The van der Waals surface area contributed by atoms with Crippen molar-refractivity contribution in [1.29, 1.82) is 0 Å². The first kappa shape index (κ1) is 26.1. The van der Waals surface area contributed by atoms with E-state index < -0.39 is 24.1 Å². The molecular weight excluding hydrogens is 460 g/mol. The number of carbonyl (C=O) groups is 2. The summed E-state index contributed by atoms with van der Waals surface area (Å²) >= 11 is 0. The fraction of sp³-hybridized carbons (Fsp3) is 0.536. The number of carbonyl (C=O) groups excluding carboxylic acids is 2. The Labute approximate surface area is 212 Å². The number of hydrogen-bond acceptors (Lipinski definition) is 8. The number of rotatable bonds is 10. The molecule has 8 nitrogen and oxygen atoms in total. The topological polar surface area (TPSA) is 87.2 Å². The first-order chi connectivity index (χ1) is 17.3. The molecule has 194 valence electrons.